The van der Waals surface area contributed by atoms with Crippen LogP contribution in [0.3, 0.4) is 0 Å². The fourth-order valence-corrected chi connectivity index (χ4v) is 3.29. The molecule has 2 aromatic rings. The van der Waals surface area contributed by atoms with Crippen LogP contribution in [-0.2, 0) is 16.6 Å². The lowest BCUT2D eigenvalue weighted by molar-refractivity contribution is 0.588. The SMILES string of the molecule is CNCc1c(S(=O)(=O)N(C)c2ccccc2)n[nH]c1C. The third kappa shape index (κ3) is 2.54. The molecule has 6 nitrogen and oxygen atoms in total. The van der Waals surface area contributed by atoms with Crippen molar-refractivity contribution in [3.63, 3.8) is 0 Å². The first-order valence-electron chi connectivity index (χ1n) is 6.21. The van der Waals surface area contributed by atoms with E-state index in [0.29, 0.717) is 17.8 Å². The van der Waals surface area contributed by atoms with E-state index in [1.807, 2.05) is 6.07 Å². The summed E-state index contributed by atoms with van der Waals surface area (Å²) in [7, 11) is -0.380. The lowest BCUT2D eigenvalue weighted by Crippen LogP contribution is -2.28. The Hall–Kier alpha value is -1.86. The molecule has 0 fully saturated rings. The van der Waals surface area contributed by atoms with E-state index < -0.39 is 10.0 Å². The van der Waals surface area contributed by atoms with Crippen LogP contribution in [0.15, 0.2) is 35.4 Å². The maximum atomic E-state index is 12.7. The van der Waals surface area contributed by atoms with Crippen LogP contribution in [0, 0.1) is 6.92 Å². The second-order valence-electron chi connectivity index (χ2n) is 4.47. The molecule has 0 radical (unpaired) electrons. The minimum atomic E-state index is -3.67. The molecule has 0 amide bonds. The predicted octanol–water partition coefficient (Wildman–Crippen LogP) is 1.26. The summed E-state index contributed by atoms with van der Waals surface area (Å²) < 4.78 is 26.6. The van der Waals surface area contributed by atoms with Crippen molar-refractivity contribution in [3.05, 3.63) is 41.6 Å². The van der Waals surface area contributed by atoms with Gasteiger partial charge in [0.05, 0.1) is 5.69 Å². The van der Waals surface area contributed by atoms with Gasteiger partial charge in [0.15, 0.2) is 0 Å². The Balaban J connectivity index is 2.46. The van der Waals surface area contributed by atoms with E-state index in [0.717, 1.165) is 5.69 Å². The molecule has 20 heavy (non-hydrogen) atoms. The van der Waals surface area contributed by atoms with E-state index in [1.165, 1.54) is 11.4 Å². The fraction of sp³-hybridized carbons (Fsp3) is 0.308. The minimum absolute atomic E-state index is 0.0655. The summed E-state index contributed by atoms with van der Waals surface area (Å²) in [6, 6.07) is 8.93. The van der Waals surface area contributed by atoms with Gasteiger partial charge in [0.1, 0.15) is 0 Å². The summed E-state index contributed by atoms with van der Waals surface area (Å²) in [5.74, 6) is 0. The average molecular weight is 294 g/mol. The summed E-state index contributed by atoms with van der Waals surface area (Å²) in [5, 5.41) is 9.72. The van der Waals surface area contributed by atoms with Crippen LogP contribution in [0.5, 0.6) is 0 Å². The molecule has 108 valence electrons. The molecule has 0 saturated heterocycles. The van der Waals surface area contributed by atoms with Crippen LogP contribution in [0.25, 0.3) is 0 Å². The first kappa shape index (κ1) is 14.5. The van der Waals surface area contributed by atoms with Gasteiger partial charge in [-0.3, -0.25) is 9.40 Å². The van der Waals surface area contributed by atoms with E-state index in [1.54, 1.807) is 38.2 Å². The van der Waals surface area contributed by atoms with E-state index in [9.17, 15) is 8.42 Å². The van der Waals surface area contributed by atoms with Gasteiger partial charge in [-0.25, -0.2) is 0 Å². The van der Waals surface area contributed by atoms with Gasteiger partial charge in [0.2, 0.25) is 5.03 Å². The molecule has 0 aliphatic carbocycles. The van der Waals surface area contributed by atoms with Crippen LogP contribution in [-0.4, -0.2) is 32.7 Å². The summed E-state index contributed by atoms with van der Waals surface area (Å²) in [6.07, 6.45) is 0. The molecule has 0 aliphatic heterocycles. The zero-order chi connectivity index (χ0) is 14.8. The highest BCUT2D eigenvalue weighted by atomic mass is 32.2. The number of aromatic nitrogens is 2. The van der Waals surface area contributed by atoms with Crippen molar-refractivity contribution in [2.75, 3.05) is 18.4 Å². The standard InChI is InChI=1S/C13H18N4O2S/c1-10-12(9-14-2)13(16-15-10)20(18,19)17(3)11-7-5-4-6-8-11/h4-8,14H,9H2,1-3H3,(H,15,16). The molecule has 0 saturated carbocycles. The molecule has 0 aliphatic rings. The van der Waals surface area contributed by atoms with Crippen molar-refractivity contribution in [2.24, 2.45) is 0 Å². The second-order valence-corrected chi connectivity index (χ2v) is 6.36. The highest BCUT2D eigenvalue weighted by molar-refractivity contribution is 7.92. The van der Waals surface area contributed by atoms with Gasteiger partial charge in [0.25, 0.3) is 10.0 Å². The summed E-state index contributed by atoms with van der Waals surface area (Å²) in [5.41, 5.74) is 2.01. The van der Waals surface area contributed by atoms with Crippen molar-refractivity contribution >= 4 is 15.7 Å². The largest absolute Gasteiger partial charge is 0.316 e. The van der Waals surface area contributed by atoms with Crippen molar-refractivity contribution in [1.82, 2.24) is 15.5 Å². The number of rotatable bonds is 5. The first-order chi connectivity index (χ1) is 9.48. The number of para-hydroxylation sites is 1. The smallest absolute Gasteiger partial charge is 0.283 e. The molecule has 0 atom stereocenters. The van der Waals surface area contributed by atoms with E-state index >= 15 is 0 Å². The van der Waals surface area contributed by atoms with Gasteiger partial charge in [-0.1, -0.05) is 18.2 Å². The van der Waals surface area contributed by atoms with Crippen molar-refractivity contribution in [3.8, 4) is 0 Å². The van der Waals surface area contributed by atoms with Crippen molar-refractivity contribution in [2.45, 2.75) is 18.5 Å². The van der Waals surface area contributed by atoms with Crippen LogP contribution in [0.4, 0.5) is 5.69 Å². The Labute approximate surface area is 118 Å². The number of benzene rings is 1. The summed E-state index contributed by atoms with van der Waals surface area (Å²) in [6.45, 7) is 2.25. The lowest BCUT2D eigenvalue weighted by Gasteiger charge is -2.18. The third-order valence-corrected chi connectivity index (χ3v) is 4.87. The number of aromatic amines is 1. The van der Waals surface area contributed by atoms with Crippen molar-refractivity contribution in [1.29, 1.82) is 0 Å². The third-order valence-electron chi connectivity index (χ3n) is 3.11. The summed E-state index contributed by atoms with van der Waals surface area (Å²) >= 11 is 0. The number of hydrogen-bond donors (Lipinski definition) is 2. The van der Waals surface area contributed by atoms with Gasteiger partial charge < -0.3 is 5.32 Å². The predicted molar refractivity (Wildman–Crippen MR) is 78.1 cm³/mol. The molecule has 1 aromatic heterocycles. The molecule has 0 unspecified atom stereocenters. The molecular weight excluding hydrogens is 276 g/mol. The van der Waals surface area contributed by atoms with Gasteiger partial charge in [-0.05, 0) is 26.1 Å². The number of sulfonamides is 1. The van der Waals surface area contributed by atoms with Gasteiger partial charge >= 0.3 is 0 Å². The fourth-order valence-electron chi connectivity index (χ4n) is 1.93. The topological polar surface area (TPSA) is 78.1 Å². The Kier molecular flexibility index (Phi) is 4.10. The highest BCUT2D eigenvalue weighted by Gasteiger charge is 2.28. The molecular formula is C13H18N4O2S. The van der Waals surface area contributed by atoms with Crippen LogP contribution < -0.4 is 9.62 Å². The molecule has 7 heteroatoms. The number of aryl methyl sites for hydroxylation is 1. The first-order valence-corrected chi connectivity index (χ1v) is 7.65. The lowest BCUT2D eigenvalue weighted by atomic mass is 10.3. The van der Waals surface area contributed by atoms with Crippen LogP contribution in [0.1, 0.15) is 11.3 Å². The zero-order valence-corrected chi connectivity index (χ0v) is 12.5. The average Bonchev–Trinajstić information content (AvgIpc) is 2.81. The highest BCUT2D eigenvalue weighted by Crippen LogP contribution is 2.24. The van der Waals surface area contributed by atoms with Crippen LogP contribution in [0.2, 0.25) is 0 Å². The maximum Gasteiger partial charge on any atom is 0.283 e. The molecule has 2 N–H and O–H groups in total. The van der Waals surface area contributed by atoms with E-state index in [4.69, 9.17) is 0 Å². The van der Waals surface area contributed by atoms with Gasteiger partial charge in [-0.15, -0.1) is 0 Å². The number of nitrogens with zero attached hydrogens (tertiary/aromatic N) is 2. The second kappa shape index (κ2) is 5.64. The van der Waals surface area contributed by atoms with Crippen LogP contribution >= 0.6 is 0 Å². The van der Waals surface area contributed by atoms with Crippen molar-refractivity contribution < 1.29 is 8.42 Å². The maximum absolute atomic E-state index is 12.7. The van der Waals surface area contributed by atoms with E-state index in [-0.39, 0.29) is 5.03 Å². The monoisotopic (exact) mass is 294 g/mol. The minimum Gasteiger partial charge on any atom is -0.316 e. The normalized spacial score (nSPS) is 11.6. The Bertz CT molecular complexity index is 680. The van der Waals surface area contributed by atoms with Gasteiger partial charge in [-0.2, -0.15) is 13.5 Å². The Morgan fingerprint density at radius 1 is 1.30 bits per heavy atom. The molecule has 1 heterocycles. The summed E-state index contributed by atoms with van der Waals surface area (Å²) in [4.78, 5) is 0. The molecule has 0 bridgehead atoms. The number of H-pyrrole nitrogens is 1. The quantitative estimate of drug-likeness (QED) is 0.870. The molecule has 1 aromatic carbocycles. The Morgan fingerprint density at radius 2 is 1.95 bits per heavy atom. The number of nitrogens with one attached hydrogen (secondary N) is 2. The van der Waals surface area contributed by atoms with Gasteiger partial charge in [0, 0.05) is 24.8 Å². The Morgan fingerprint density at radius 3 is 2.55 bits per heavy atom. The molecule has 0 spiro atoms. The number of anilines is 1. The molecule has 2 rings (SSSR count). The number of hydrogen-bond acceptors (Lipinski definition) is 4. The van der Waals surface area contributed by atoms with E-state index in [2.05, 4.69) is 15.5 Å². The zero-order valence-electron chi connectivity index (χ0n) is 11.7.